The van der Waals surface area contributed by atoms with Gasteiger partial charge >= 0.3 is 6.36 Å². The molecule has 4 rings (SSSR count). The first-order valence-corrected chi connectivity index (χ1v) is 11.4. The summed E-state index contributed by atoms with van der Waals surface area (Å²) < 4.78 is 47.3. The molecule has 2 aromatic carbocycles. The number of pyridine rings is 1. The number of amides is 1. The minimum absolute atomic E-state index is 0.143. The lowest BCUT2D eigenvalue weighted by Gasteiger charge is -2.25. The highest BCUT2D eigenvalue weighted by Gasteiger charge is 2.47. The zero-order valence-corrected chi connectivity index (χ0v) is 20.0. The van der Waals surface area contributed by atoms with E-state index in [1.54, 1.807) is 37.3 Å². The maximum Gasteiger partial charge on any atom is 0.573 e. The van der Waals surface area contributed by atoms with E-state index in [1.807, 2.05) is 6.92 Å². The zero-order valence-electron chi connectivity index (χ0n) is 20.0. The number of hydrogen-bond donors (Lipinski definition) is 1. The number of halogens is 3. The molecule has 1 fully saturated rings. The average Bonchev–Trinajstić information content (AvgIpc) is 3.13. The SMILES string of the molecule is CCCOc1ccc(/C(O)=C2/C(=O)C(=O)N(c3ccc(OC(F)(F)F)cc3)C2c2cccnc2)cc1C. The third kappa shape index (κ3) is 5.42. The van der Waals surface area contributed by atoms with Crippen LogP contribution >= 0.6 is 0 Å². The van der Waals surface area contributed by atoms with E-state index in [1.165, 1.54) is 24.5 Å². The van der Waals surface area contributed by atoms with E-state index >= 15 is 0 Å². The smallest absolute Gasteiger partial charge is 0.507 e. The first-order chi connectivity index (χ1) is 17.6. The van der Waals surface area contributed by atoms with Crippen LogP contribution in [0.25, 0.3) is 5.76 Å². The van der Waals surface area contributed by atoms with Crippen LogP contribution in [-0.2, 0) is 9.59 Å². The lowest BCUT2D eigenvalue weighted by atomic mass is 9.95. The molecule has 0 radical (unpaired) electrons. The molecule has 7 nitrogen and oxygen atoms in total. The van der Waals surface area contributed by atoms with Gasteiger partial charge in [0, 0.05) is 23.6 Å². The van der Waals surface area contributed by atoms with Gasteiger partial charge in [-0.05, 0) is 73.0 Å². The van der Waals surface area contributed by atoms with Crippen LogP contribution in [0.1, 0.15) is 36.1 Å². The first kappa shape index (κ1) is 25.7. The molecule has 2 heterocycles. The number of hydrogen-bond acceptors (Lipinski definition) is 6. The molecule has 0 saturated carbocycles. The maximum atomic E-state index is 13.2. The summed E-state index contributed by atoms with van der Waals surface area (Å²) in [6.45, 7) is 4.29. The second kappa shape index (κ2) is 10.3. The normalized spacial score (nSPS) is 17.2. The molecule has 1 aliphatic rings. The van der Waals surface area contributed by atoms with Crippen LogP contribution < -0.4 is 14.4 Å². The number of aryl methyl sites for hydroxylation is 1. The van der Waals surface area contributed by atoms with E-state index < -0.39 is 35.6 Å². The number of aliphatic hydroxyl groups excluding tert-OH is 1. The number of ether oxygens (including phenoxy) is 2. The van der Waals surface area contributed by atoms with Gasteiger partial charge in [-0.3, -0.25) is 19.5 Å². The summed E-state index contributed by atoms with van der Waals surface area (Å²) in [4.78, 5) is 31.6. The minimum atomic E-state index is -4.88. The van der Waals surface area contributed by atoms with Gasteiger partial charge in [0.15, 0.2) is 0 Å². The minimum Gasteiger partial charge on any atom is -0.507 e. The number of alkyl halides is 3. The van der Waals surface area contributed by atoms with Crippen LogP contribution in [-0.4, -0.2) is 34.8 Å². The Morgan fingerprint density at radius 3 is 2.43 bits per heavy atom. The van der Waals surface area contributed by atoms with Gasteiger partial charge in [0.2, 0.25) is 0 Å². The van der Waals surface area contributed by atoms with Gasteiger partial charge in [0.25, 0.3) is 11.7 Å². The fourth-order valence-corrected chi connectivity index (χ4v) is 4.09. The topological polar surface area (TPSA) is 89.0 Å². The van der Waals surface area contributed by atoms with Crippen LogP contribution in [0.5, 0.6) is 11.5 Å². The Bertz CT molecular complexity index is 1340. The van der Waals surface area contributed by atoms with E-state index in [0.717, 1.165) is 29.0 Å². The second-order valence-corrected chi connectivity index (χ2v) is 8.33. The Labute approximate surface area is 210 Å². The van der Waals surface area contributed by atoms with E-state index in [4.69, 9.17) is 4.74 Å². The second-order valence-electron chi connectivity index (χ2n) is 8.33. The molecular formula is C27H23F3N2O5. The standard InChI is InChI=1S/C27H23F3N2O5/c1-3-13-36-21-11-6-17(14-16(21)2)24(33)22-23(18-5-4-12-31-15-18)32(26(35)25(22)34)19-7-9-20(10-8-19)37-27(28,29)30/h4-12,14-15,23,33H,3,13H2,1-2H3/b24-22-. The van der Waals surface area contributed by atoms with Crippen LogP contribution in [0.4, 0.5) is 18.9 Å². The lowest BCUT2D eigenvalue weighted by Crippen LogP contribution is -2.29. The molecule has 1 saturated heterocycles. The first-order valence-electron chi connectivity index (χ1n) is 11.4. The molecule has 1 aliphatic heterocycles. The van der Waals surface area contributed by atoms with E-state index in [9.17, 15) is 27.9 Å². The Morgan fingerprint density at radius 2 is 1.84 bits per heavy atom. The Morgan fingerprint density at radius 1 is 1.11 bits per heavy atom. The third-order valence-electron chi connectivity index (χ3n) is 5.70. The van der Waals surface area contributed by atoms with Crippen molar-refractivity contribution >= 4 is 23.1 Å². The number of aliphatic hydroxyl groups is 1. The molecule has 10 heteroatoms. The molecule has 0 bridgehead atoms. The molecule has 192 valence electrons. The molecule has 1 unspecified atom stereocenters. The number of ketones is 1. The molecule has 1 atom stereocenters. The number of carbonyl (C=O) groups excluding carboxylic acids is 2. The highest BCUT2D eigenvalue weighted by molar-refractivity contribution is 6.51. The number of anilines is 1. The quantitative estimate of drug-likeness (QED) is 0.248. The molecular weight excluding hydrogens is 489 g/mol. The van der Waals surface area contributed by atoms with Crippen LogP contribution in [0.15, 0.2) is 72.6 Å². The summed E-state index contributed by atoms with van der Waals surface area (Å²) in [5.41, 5.74) is 1.44. The maximum absolute atomic E-state index is 13.2. The highest BCUT2D eigenvalue weighted by Crippen LogP contribution is 2.42. The van der Waals surface area contributed by atoms with Crippen molar-refractivity contribution in [3.05, 3.63) is 89.3 Å². The van der Waals surface area contributed by atoms with Crippen molar-refractivity contribution in [3.63, 3.8) is 0 Å². The third-order valence-corrected chi connectivity index (χ3v) is 5.70. The zero-order chi connectivity index (χ0) is 26.7. The van der Waals surface area contributed by atoms with Crippen molar-refractivity contribution < 1.29 is 37.3 Å². The molecule has 1 aromatic heterocycles. The Balaban J connectivity index is 1.80. The van der Waals surface area contributed by atoms with E-state index in [0.29, 0.717) is 23.5 Å². The summed E-state index contributed by atoms with van der Waals surface area (Å²) in [6, 6.07) is 11.6. The molecule has 1 N–H and O–H groups in total. The van der Waals surface area contributed by atoms with Gasteiger partial charge in [-0.1, -0.05) is 13.0 Å². The van der Waals surface area contributed by atoms with Crippen LogP contribution in [0.2, 0.25) is 0 Å². The van der Waals surface area contributed by atoms with E-state index in [2.05, 4.69) is 9.72 Å². The summed E-state index contributed by atoms with van der Waals surface area (Å²) in [7, 11) is 0. The molecule has 0 spiro atoms. The van der Waals surface area contributed by atoms with Gasteiger partial charge in [-0.15, -0.1) is 13.2 Å². The van der Waals surface area contributed by atoms with Gasteiger partial charge in [0.05, 0.1) is 18.2 Å². The summed E-state index contributed by atoms with van der Waals surface area (Å²) in [5, 5.41) is 11.2. The number of rotatable bonds is 7. The number of aromatic nitrogens is 1. The Kier molecular flexibility index (Phi) is 7.19. The van der Waals surface area contributed by atoms with Gasteiger partial charge in [-0.2, -0.15) is 0 Å². The van der Waals surface area contributed by atoms with Crippen molar-refractivity contribution in [1.29, 1.82) is 0 Å². The highest BCUT2D eigenvalue weighted by atomic mass is 19.4. The van der Waals surface area contributed by atoms with Crippen molar-refractivity contribution in [2.24, 2.45) is 0 Å². The van der Waals surface area contributed by atoms with Gasteiger partial charge in [-0.25, -0.2) is 0 Å². The largest absolute Gasteiger partial charge is 0.573 e. The predicted molar refractivity (Wildman–Crippen MR) is 129 cm³/mol. The van der Waals surface area contributed by atoms with Gasteiger partial charge < -0.3 is 14.6 Å². The number of Topliss-reactive ketones (excluding diaryl/α,β-unsaturated/α-hetero) is 1. The fourth-order valence-electron chi connectivity index (χ4n) is 4.09. The molecule has 37 heavy (non-hydrogen) atoms. The molecule has 1 amide bonds. The fraction of sp³-hybridized carbons (Fsp3) is 0.222. The van der Waals surface area contributed by atoms with Crippen molar-refractivity contribution in [1.82, 2.24) is 4.98 Å². The summed E-state index contributed by atoms with van der Waals surface area (Å²) in [6.07, 6.45) is -1.10. The van der Waals surface area contributed by atoms with Crippen LogP contribution in [0, 0.1) is 6.92 Å². The molecule has 0 aliphatic carbocycles. The van der Waals surface area contributed by atoms with Crippen LogP contribution in [0.3, 0.4) is 0 Å². The van der Waals surface area contributed by atoms with Crippen molar-refractivity contribution in [2.45, 2.75) is 32.7 Å². The number of carbonyl (C=O) groups is 2. The van der Waals surface area contributed by atoms with E-state index in [-0.39, 0.29) is 11.3 Å². The average molecular weight is 512 g/mol. The van der Waals surface area contributed by atoms with Crippen molar-refractivity contribution in [3.8, 4) is 11.5 Å². The lowest BCUT2D eigenvalue weighted by molar-refractivity contribution is -0.274. The number of nitrogens with zero attached hydrogens (tertiary/aromatic N) is 2. The predicted octanol–water partition coefficient (Wildman–Crippen LogP) is 5.70. The summed E-state index contributed by atoms with van der Waals surface area (Å²) in [5.74, 6) is -2.13. The Hall–Kier alpha value is -4.34. The van der Waals surface area contributed by atoms with Crippen molar-refractivity contribution in [2.75, 3.05) is 11.5 Å². The van der Waals surface area contributed by atoms with Gasteiger partial charge in [0.1, 0.15) is 17.3 Å². The molecule has 3 aromatic rings. The number of benzene rings is 2. The monoisotopic (exact) mass is 512 g/mol. The summed E-state index contributed by atoms with van der Waals surface area (Å²) >= 11 is 0.